The van der Waals surface area contributed by atoms with Crippen LogP contribution < -0.4 is 10.6 Å². The fourth-order valence-corrected chi connectivity index (χ4v) is 2.70. The summed E-state index contributed by atoms with van der Waals surface area (Å²) in [4.78, 5) is 28.4. The highest BCUT2D eigenvalue weighted by atomic mass is 35.5. The Balaban J connectivity index is 1.72. The first-order chi connectivity index (χ1) is 13.5. The molecule has 0 unspecified atom stereocenters. The minimum absolute atomic E-state index is 0.290. The Labute approximate surface area is 167 Å². The average molecular weight is 396 g/mol. The van der Waals surface area contributed by atoms with E-state index in [1.54, 1.807) is 12.1 Å². The molecule has 6 nitrogen and oxygen atoms in total. The maximum Gasteiger partial charge on any atom is 0.337 e. The van der Waals surface area contributed by atoms with E-state index in [4.69, 9.17) is 11.6 Å². The number of nitrogens with one attached hydrogen (secondary N) is 2. The Morgan fingerprint density at radius 2 is 1.82 bits per heavy atom. The van der Waals surface area contributed by atoms with Crippen molar-refractivity contribution in [3.8, 4) is 0 Å². The lowest BCUT2D eigenvalue weighted by Gasteiger charge is -2.10. The summed E-state index contributed by atoms with van der Waals surface area (Å²) in [6, 6.07) is 15.8. The smallest absolute Gasteiger partial charge is 0.337 e. The van der Waals surface area contributed by atoms with Crippen LogP contribution in [0.25, 0.3) is 0 Å². The van der Waals surface area contributed by atoms with Crippen molar-refractivity contribution in [3.05, 3.63) is 82.5 Å². The van der Waals surface area contributed by atoms with E-state index in [9.17, 15) is 9.59 Å². The molecule has 0 saturated carbocycles. The summed E-state index contributed by atoms with van der Waals surface area (Å²) >= 11 is 6.11. The summed E-state index contributed by atoms with van der Waals surface area (Å²) in [6.45, 7) is 2.01. The maximum atomic E-state index is 12.5. The van der Waals surface area contributed by atoms with E-state index in [0.717, 1.165) is 11.3 Å². The van der Waals surface area contributed by atoms with E-state index in [1.165, 1.54) is 31.5 Å². The van der Waals surface area contributed by atoms with Crippen molar-refractivity contribution in [2.24, 2.45) is 0 Å². The number of aryl methyl sites for hydroxylation is 1. The average Bonchev–Trinajstić information content (AvgIpc) is 2.69. The van der Waals surface area contributed by atoms with Crippen LogP contribution in [0.3, 0.4) is 0 Å². The summed E-state index contributed by atoms with van der Waals surface area (Å²) in [5.74, 6) is -0.285. The van der Waals surface area contributed by atoms with Gasteiger partial charge in [-0.3, -0.25) is 4.79 Å². The van der Waals surface area contributed by atoms with Crippen LogP contribution in [0.1, 0.15) is 26.3 Å². The van der Waals surface area contributed by atoms with Crippen molar-refractivity contribution in [2.75, 3.05) is 17.7 Å². The molecule has 0 aliphatic rings. The fraction of sp³-hybridized carbons (Fsp3) is 0.0952. The van der Waals surface area contributed by atoms with Gasteiger partial charge in [0.05, 0.1) is 28.9 Å². The number of carbonyl (C=O) groups is 2. The number of aromatic nitrogens is 1. The number of nitrogens with zero attached hydrogens (tertiary/aromatic N) is 1. The van der Waals surface area contributed by atoms with E-state index in [1.807, 2.05) is 31.2 Å². The number of halogens is 1. The fourth-order valence-electron chi connectivity index (χ4n) is 2.53. The molecule has 0 spiro atoms. The molecule has 3 aromatic rings. The number of carbonyl (C=O) groups excluding carboxylic acids is 2. The van der Waals surface area contributed by atoms with Gasteiger partial charge in [0.25, 0.3) is 5.91 Å². The van der Waals surface area contributed by atoms with Crippen molar-refractivity contribution in [1.82, 2.24) is 4.98 Å². The normalized spacial score (nSPS) is 10.2. The third-order valence-corrected chi connectivity index (χ3v) is 4.28. The Morgan fingerprint density at radius 3 is 2.50 bits per heavy atom. The molecule has 28 heavy (non-hydrogen) atoms. The highest BCUT2D eigenvalue weighted by Gasteiger charge is 2.13. The predicted octanol–water partition coefficient (Wildman–Crippen LogP) is 4.83. The first-order valence-electron chi connectivity index (χ1n) is 8.45. The lowest BCUT2D eigenvalue weighted by Crippen LogP contribution is -2.13. The molecule has 142 valence electrons. The van der Waals surface area contributed by atoms with Gasteiger partial charge in [0.1, 0.15) is 5.82 Å². The van der Waals surface area contributed by atoms with Crippen LogP contribution in [-0.4, -0.2) is 24.0 Å². The van der Waals surface area contributed by atoms with Crippen LogP contribution in [0.5, 0.6) is 0 Å². The van der Waals surface area contributed by atoms with Gasteiger partial charge in [-0.15, -0.1) is 0 Å². The van der Waals surface area contributed by atoms with Crippen molar-refractivity contribution in [2.45, 2.75) is 6.92 Å². The zero-order valence-corrected chi connectivity index (χ0v) is 16.1. The van der Waals surface area contributed by atoms with Crippen LogP contribution in [0.15, 0.2) is 60.8 Å². The largest absolute Gasteiger partial charge is 0.465 e. The molecule has 0 radical (unpaired) electrons. The SMILES string of the molecule is COC(=O)c1ccc(Cl)c(NC(=O)c2ccc(Nc3cccc(C)c3)nc2)c1. The van der Waals surface area contributed by atoms with Gasteiger partial charge in [-0.1, -0.05) is 23.7 Å². The van der Waals surface area contributed by atoms with Crippen LogP contribution in [0.4, 0.5) is 17.2 Å². The van der Waals surface area contributed by atoms with Gasteiger partial charge in [-0.2, -0.15) is 0 Å². The van der Waals surface area contributed by atoms with Gasteiger partial charge >= 0.3 is 5.97 Å². The van der Waals surface area contributed by atoms with Gasteiger partial charge in [-0.05, 0) is 55.0 Å². The number of ether oxygens (including phenoxy) is 1. The molecule has 2 aromatic carbocycles. The number of pyridine rings is 1. The second-order valence-electron chi connectivity index (χ2n) is 6.07. The third-order valence-electron chi connectivity index (χ3n) is 3.95. The van der Waals surface area contributed by atoms with E-state index in [2.05, 4.69) is 20.4 Å². The molecule has 0 bridgehead atoms. The number of anilines is 3. The van der Waals surface area contributed by atoms with E-state index >= 15 is 0 Å². The van der Waals surface area contributed by atoms with Crippen LogP contribution in [0, 0.1) is 6.92 Å². The third kappa shape index (κ3) is 4.66. The topological polar surface area (TPSA) is 80.3 Å². The molecule has 0 saturated heterocycles. The second kappa shape index (κ2) is 8.54. The number of hydrogen-bond acceptors (Lipinski definition) is 5. The molecule has 1 heterocycles. The molecular formula is C21H18ClN3O3. The van der Waals surface area contributed by atoms with Crippen molar-refractivity contribution in [3.63, 3.8) is 0 Å². The van der Waals surface area contributed by atoms with Crippen LogP contribution in [-0.2, 0) is 4.74 Å². The van der Waals surface area contributed by atoms with Gasteiger partial charge < -0.3 is 15.4 Å². The molecular weight excluding hydrogens is 378 g/mol. The summed E-state index contributed by atoms with van der Waals surface area (Å²) in [5, 5.41) is 6.18. The molecule has 1 aromatic heterocycles. The first kappa shape index (κ1) is 19.4. The second-order valence-corrected chi connectivity index (χ2v) is 6.47. The monoisotopic (exact) mass is 395 g/mol. The van der Waals surface area contributed by atoms with Crippen LogP contribution in [0.2, 0.25) is 5.02 Å². The van der Waals surface area contributed by atoms with E-state index in [-0.39, 0.29) is 5.56 Å². The lowest BCUT2D eigenvalue weighted by atomic mass is 10.2. The Kier molecular flexibility index (Phi) is 5.91. The van der Waals surface area contributed by atoms with Gasteiger partial charge in [0.15, 0.2) is 0 Å². The molecule has 3 rings (SSSR count). The van der Waals surface area contributed by atoms with Crippen molar-refractivity contribution in [1.29, 1.82) is 0 Å². The number of esters is 1. The predicted molar refractivity (Wildman–Crippen MR) is 109 cm³/mol. The Morgan fingerprint density at radius 1 is 1.04 bits per heavy atom. The molecule has 1 amide bonds. The first-order valence-corrected chi connectivity index (χ1v) is 8.83. The summed E-state index contributed by atoms with van der Waals surface area (Å²) in [5.41, 5.74) is 3.01. The van der Waals surface area contributed by atoms with Gasteiger partial charge in [0.2, 0.25) is 0 Å². The minimum Gasteiger partial charge on any atom is -0.465 e. The lowest BCUT2D eigenvalue weighted by molar-refractivity contribution is 0.0600. The molecule has 0 fully saturated rings. The van der Waals surface area contributed by atoms with Gasteiger partial charge in [0, 0.05) is 11.9 Å². The molecule has 0 aliphatic heterocycles. The highest BCUT2D eigenvalue weighted by Crippen LogP contribution is 2.24. The molecule has 0 aliphatic carbocycles. The number of hydrogen-bond donors (Lipinski definition) is 2. The van der Waals surface area contributed by atoms with Crippen molar-refractivity contribution >= 4 is 40.7 Å². The summed E-state index contributed by atoms with van der Waals surface area (Å²) in [7, 11) is 1.28. The maximum absolute atomic E-state index is 12.5. The van der Waals surface area contributed by atoms with Crippen LogP contribution >= 0.6 is 11.6 Å². The molecule has 7 heteroatoms. The summed E-state index contributed by atoms with van der Waals surface area (Å²) < 4.78 is 4.68. The van der Waals surface area contributed by atoms with Crippen molar-refractivity contribution < 1.29 is 14.3 Å². The minimum atomic E-state index is -0.514. The number of amides is 1. The van der Waals surface area contributed by atoms with E-state index in [0.29, 0.717) is 22.1 Å². The number of methoxy groups -OCH3 is 1. The van der Waals surface area contributed by atoms with Gasteiger partial charge in [-0.25, -0.2) is 9.78 Å². The zero-order valence-electron chi connectivity index (χ0n) is 15.3. The Hall–Kier alpha value is -3.38. The zero-order chi connectivity index (χ0) is 20.1. The standard InChI is InChI=1S/C21H18ClN3O3/c1-13-4-3-5-16(10-13)24-19-9-7-15(12-23-19)20(26)25-18-11-14(21(27)28-2)6-8-17(18)22/h3-12H,1-2H3,(H,23,24)(H,25,26). The number of benzene rings is 2. The molecule has 2 N–H and O–H groups in total. The number of rotatable bonds is 5. The Bertz CT molecular complexity index is 1020. The van der Waals surface area contributed by atoms with E-state index < -0.39 is 11.9 Å². The quantitative estimate of drug-likeness (QED) is 0.605. The summed E-state index contributed by atoms with van der Waals surface area (Å²) in [6.07, 6.45) is 1.46. The molecule has 0 atom stereocenters. The highest BCUT2D eigenvalue weighted by molar-refractivity contribution is 6.34.